The van der Waals surface area contributed by atoms with Crippen LogP contribution < -0.4 is 0 Å². The molecule has 15 heavy (non-hydrogen) atoms. The van der Waals surface area contributed by atoms with Gasteiger partial charge in [-0.1, -0.05) is 62.2 Å². The molecule has 0 saturated carbocycles. The van der Waals surface area contributed by atoms with Crippen LogP contribution in [0.4, 0.5) is 0 Å². The van der Waals surface area contributed by atoms with Crippen LogP contribution in [0.15, 0.2) is 42.5 Å². The van der Waals surface area contributed by atoms with Gasteiger partial charge in [-0.05, 0) is 29.2 Å². The first kappa shape index (κ1) is 10.2. The Bertz CT molecular complexity index is 429. The van der Waals surface area contributed by atoms with E-state index in [4.69, 9.17) is 0 Å². The van der Waals surface area contributed by atoms with Gasteiger partial charge >= 0.3 is 0 Å². The van der Waals surface area contributed by atoms with E-state index >= 15 is 0 Å². The van der Waals surface area contributed by atoms with E-state index in [0.717, 1.165) is 12.8 Å². The van der Waals surface area contributed by atoms with E-state index in [9.17, 15) is 0 Å². The minimum absolute atomic E-state index is 1.02. The van der Waals surface area contributed by atoms with Gasteiger partial charge in [-0.25, -0.2) is 0 Å². The molecule has 0 aliphatic carbocycles. The predicted octanol–water partition coefficient (Wildman–Crippen LogP) is 4.40. The lowest BCUT2D eigenvalue weighted by Crippen LogP contribution is -1.82. The van der Waals surface area contributed by atoms with Gasteiger partial charge in [0.25, 0.3) is 0 Å². The maximum absolute atomic E-state index is 3.85. The minimum Gasteiger partial charge on any atom is -0.0616 e. The van der Waals surface area contributed by atoms with E-state index in [1.807, 2.05) is 0 Å². The fourth-order valence-corrected chi connectivity index (χ4v) is 1.75. The van der Waals surface area contributed by atoms with Crippen LogP contribution in [0.1, 0.15) is 24.8 Å². The molecule has 0 N–H and O–H groups in total. The summed E-state index contributed by atoms with van der Waals surface area (Å²) in [7, 11) is 0. The molecule has 0 heterocycles. The average Bonchev–Trinajstić information content (AvgIpc) is 2.29. The molecule has 2 radical (unpaired) electrons. The summed E-state index contributed by atoms with van der Waals surface area (Å²) in [6, 6.07) is 15.1. The fraction of sp³-hybridized carbons (Fsp3) is 0.200. The number of rotatable bonds is 4. The van der Waals surface area contributed by atoms with Crippen LogP contribution in [-0.4, -0.2) is 0 Å². The number of hydrogen-bond donors (Lipinski definition) is 0. The predicted molar refractivity (Wildman–Crippen MR) is 66.6 cm³/mol. The summed E-state index contributed by atoms with van der Waals surface area (Å²) < 4.78 is 0. The first-order chi connectivity index (χ1) is 7.40. The highest BCUT2D eigenvalue weighted by molar-refractivity contribution is 5.83. The molecular weight excluding hydrogens is 180 g/mol. The van der Waals surface area contributed by atoms with Crippen LogP contribution in [-0.2, 0) is 0 Å². The van der Waals surface area contributed by atoms with Gasteiger partial charge in [-0.2, -0.15) is 0 Å². The van der Waals surface area contributed by atoms with Gasteiger partial charge in [0.1, 0.15) is 0 Å². The lowest BCUT2D eigenvalue weighted by molar-refractivity contribution is 0.836. The van der Waals surface area contributed by atoms with Crippen molar-refractivity contribution < 1.29 is 0 Å². The standard InChI is InChI=1S/C15H16/c1-2-3-4-7-13-10-11-14-8-5-6-9-15(14)12-13/h5-12H,1-4H2. The first-order valence-electron chi connectivity index (χ1n) is 5.51. The van der Waals surface area contributed by atoms with Gasteiger partial charge < -0.3 is 0 Å². The Balaban J connectivity index is 2.16. The van der Waals surface area contributed by atoms with Crippen LogP contribution in [0.25, 0.3) is 10.8 Å². The Kier molecular flexibility index (Phi) is 3.39. The second-order valence-electron chi connectivity index (χ2n) is 3.81. The van der Waals surface area contributed by atoms with Crippen LogP contribution in [0, 0.1) is 13.3 Å². The molecule has 0 aliphatic heterocycles. The normalized spacial score (nSPS) is 10.7. The summed E-state index contributed by atoms with van der Waals surface area (Å²) in [5.41, 5.74) is 1.32. The van der Waals surface area contributed by atoms with Crippen LogP contribution in [0.2, 0.25) is 0 Å². The molecule has 0 saturated heterocycles. The van der Waals surface area contributed by atoms with Crippen molar-refractivity contribution in [2.45, 2.75) is 19.3 Å². The van der Waals surface area contributed by atoms with Gasteiger partial charge in [0.05, 0.1) is 0 Å². The SMILES string of the molecule is [CH2]CCC[CH]c1ccc2ccccc2c1. The molecule has 0 fully saturated rings. The molecule has 2 aromatic rings. The number of benzene rings is 2. The third-order valence-corrected chi connectivity index (χ3v) is 2.61. The zero-order valence-electron chi connectivity index (χ0n) is 8.95. The average molecular weight is 196 g/mol. The van der Waals surface area contributed by atoms with Crippen molar-refractivity contribution in [1.29, 1.82) is 0 Å². The summed E-state index contributed by atoms with van der Waals surface area (Å²) in [5.74, 6) is 0. The topological polar surface area (TPSA) is 0 Å². The molecular formula is C15H16. The highest BCUT2D eigenvalue weighted by Gasteiger charge is 1.96. The first-order valence-corrected chi connectivity index (χ1v) is 5.51. The maximum atomic E-state index is 3.85. The third kappa shape index (κ3) is 2.59. The van der Waals surface area contributed by atoms with E-state index in [0.29, 0.717) is 0 Å². The molecule has 0 nitrogen and oxygen atoms in total. The molecule has 0 amide bonds. The van der Waals surface area contributed by atoms with E-state index in [1.54, 1.807) is 0 Å². The number of unbranched alkanes of at least 4 members (excludes halogenated alkanes) is 2. The Morgan fingerprint density at radius 1 is 1.00 bits per heavy atom. The van der Waals surface area contributed by atoms with Crippen molar-refractivity contribution in [2.75, 3.05) is 0 Å². The van der Waals surface area contributed by atoms with Crippen molar-refractivity contribution in [1.82, 2.24) is 0 Å². The van der Waals surface area contributed by atoms with Gasteiger partial charge in [-0.3, -0.25) is 0 Å². The van der Waals surface area contributed by atoms with E-state index in [-0.39, 0.29) is 0 Å². The molecule has 0 unspecified atom stereocenters. The van der Waals surface area contributed by atoms with Gasteiger partial charge in [-0.15, -0.1) is 0 Å². The highest BCUT2D eigenvalue weighted by Crippen LogP contribution is 2.18. The number of fused-ring (bicyclic) bond motifs is 1. The van der Waals surface area contributed by atoms with Crippen LogP contribution >= 0.6 is 0 Å². The van der Waals surface area contributed by atoms with Crippen molar-refractivity contribution in [2.24, 2.45) is 0 Å². The molecule has 76 valence electrons. The van der Waals surface area contributed by atoms with Gasteiger partial charge in [0.2, 0.25) is 0 Å². The van der Waals surface area contributed by atoms with Crippen molar-refractivity contribution >= 4 is 10.8 Å². The van der Waals surface area contributed by atoms with Crippen LogP contribution in [0.5, 0.6) is 0 Å². The molecule has 0 spiro atoms. The molecule has 0 aromatic heterocycles. The molecule has 0 aliphatic rings. The fourth-order valence-electron chi connectivity index (χ4n) is 1.75. The summed E-state index contributed by atoms with van der Waals surface area (Å²) in [5, 5.41) is 2.63. The summed E-state index contributed by atoms with van der Waals surface area (Å²) >= 11 is 0. The lowest BCUT2D eigenvalue weighted by Gasteiger charge is -2.02. The zero-order valence-corrected chi connectivity index (χ0v) is 8.95. The summed E-state index contributed by atoms with van der Waals surface area (Å²) in [6.45, 7) is 3.85. The largest absolute Gasteiger partial charge is 0.0616 e. The Morgan fingerprint density at radius 2 is 1.80 bits per heavy atom. The van der Waals surface area contributed by atoms with Gasteiger partial charge in [0, 0.05) is 0 Å². The number of hydrogen-bond acceptors (Lipinski definition) is 0. The summed E-state index contributed by atoms with van der Waals surface area (Å²) in [4.78, 5) is 0. The summed E-state index contributed by atoms with van der Waals surface area (Å²) in [6.07, 6.45) is 5.61. The van der Waals surface area contributed by atoms with Crippen molar-refractivity contribution in [3.05, 3.63) is 61.4 Å². The maximum Gasteiger partial charge on any atom is -0.00929 e. The lowest BCUT2D eigenvalue weighted by atomic mass is 10.0. The molecule has 0 bridgehead atoms. The smallest absolute Gasteiger partial charge is 0.00929 e. The van der Waals surface area contributed by atoms with E-state index in [2.05, 4.69) is 55.8 Å². The molecule has 0 heteroatoms. The zero-order chi connectivity index (χ0) is 10.5. The minimum atomic E-state index is 1.02. The Hall–Kier alpha value is -1.30. The Labute approximate surface area is 91.9 Å². The molecule has 2 rings (SSSR count). The van der Waals surface area contributed by atoms with Crippen molar-refractivity contribution in [3.63, 3.8) is 0 Å². The van der Waals surface area contributed by atoms with Gasteiger partial charge in [0.15, 0.2) is 0 Å². The second-order valence-corrected chi connectivity index (χ2v) is 3.81. The second kappa shape index (κ2) is 4.97. The van der Waals surface area contributed by atoms with Crippen LogP contribution in [0.3, 0.4) is 0 Å². The molecule has 0 atom stereocenters. The van der Waals surface area contributed by atoms with E-state index in [1.165, 1.54) is 22.8 Å². The Morgan fingerprint density at radius 3 is 2.60 bits per heavy atom. The monoisotopic (exact) mass is 196 g/mol. The quantitative estimate of drug-likeness (QED) is 0.636. The highest BCUT2D eigenvalue weighted by atomic mass is 14.0. The third-order valence-electron chi connectivity index (χ3n) is 2.61. The van der Waals surface area contributed by atoms with Crippen molar-refractivity contribution in [3.8, 4) is 0 Å². The van der Waals surface area contributed by atoms with E-state index < -0.39 is 0 Å². The molecule has 2 aromatic carbocycles.